The van der Waals surface area contributed by atoms with Gasteiger partial charge in [0, 0.05) is 24.4 Å². The lowest BCUT2D eigenvalue weighted by molar-refractivity contribution is -0.120. The molecule has 1 N–H and O–H groups in total. The van der Waals surface area contributed by atoms with Gasteiger partial charge < -0.3 is 15.0 Å². The molecule has 0 aliphatic carbocycles. The number of piperidine rings is 1. The maximum atomic E-state index is 12.5. The van der Waals surface area contributed by atoms with E-state index in [1.165, 1.54) is 11.3 Å². The summed E-state index contributed by atoms with van der Waals surface area (Å²) in [4.78, 5) is 30.3. The summed E-state index contributed by atoms with van der Waals surface area (Å²) in [6, 6.07) is 3.89. The molecule has 1 fully saturated rings. The third kappa shape index (κ3) is 4.34. The van der Waals surface area contributed by atoms with Gasteiger partial charge in [0.25, 0.3) is 0 Å². The largest absolute Gasteiger partial charge is 0.461 e. The van der Waals surface area contributed by atoms with Crippen LogP contribution in [0.25, 0.3) is 0 Å². The van der Waals surface area contributed by atoms with Gasteiger partial charge in [-0.3, -0.25) is 4.79 Å². The molecule has 0 atom stereocenters. The molecule has 1 aliphatic heterocycles. The average molecular weight is 375 g/mol. The van der Waals surface area contributed by atoms with Crippen molar-refractivity contribution >= 4 is 34.2 Å². The molecule has 0 bridgehead atoms. The van der Waals surface area contributed by atoms with Crippen molar-refractivity contribution in [2.75, 3.05) is 29.9 Å². The molecule has 3 rings (SSSR count). The minimum atomic E-state index is -0.475. The summed E-state index contributed by atoms with van der Waals surface area (Å²) in [6.45, 7) is 5.44. The fraction of sp³-hybridized carbons (Fsp3) is 0.471. The Morgan fingerprint density at radius 2 is 2.08 bits per heavy atom. The maximum Gasteiger partial charge on any atom is 0.357 e. The Balaban J connectivity index is 1.52. The molecule has 26 heavy (non-hydrogen) atoms. The summed E-state index contributed by atoms with van der Waals surface area (Å²) < 4.78 is 4.90. The van der Waals surface area contributed by atoms with Crippen molar-refractivity contribution in [3.63, 3.8) is 0 Å². The van der Waals surface area contributed by atoms with Crippen LogP contribution in [0.3, 0.4) is 0 Å². The number of hydrogen-bond acceptors (Lipinski definition) is 8. The Hall–Kier alpha value is -2.55. The van der Waals surface area contributed by atoms with Crippen molar-refractivity contribution in [1.29, 1.82) is 0 Å². The van der Waals surface area contributed by atoms with Gasteiger partial charge in [-0.05, 0) is 38.8 Å². The van der Waals surface area contributed by atoms with E-state index in [2.05, 4.69) is 25.4 Å². The standard InChI is InChI=1S/C17H21N5O3S/c1-3-25-16(24)13-10-26-17(18-13)19-15(23)12-6-8-22(9-7-12)14-5-4-11(2)20-21-14/h4-5,10,12H,3,6-9H2,1-2H3,(H,18,19,23). The predicted molar refractivity (Wildman–Crippen MR) is 98.4 cm³/mol. The van der Waals surface area contributed by atoms with E-state index in [1.54, 1.807) is 12.3 Å². The molecule has 2 aromatic heterocycles. The van der Waals surface area contributed by atoms with Gasteiger partial charge in [-0.15, -0.1) is 16.4 Å². The van der Waals surface area contributed by atoms with Crippen LogP contribution in [0, 0.1) is 12.8 Å². The van der Waals surface area contributed by atoms with Crippen LogP contribution in [0.15, 0.2) is 17.5 Å². The molecular formula is C17H21N5O3S. The summed E-state index contributed by atoms with van der Waals surface area (Å²) in [6.07, 6.45) is 1.47. The molecule has 0 unspecified atom stereocenters. The summed E-state index contributed by atoms with van der Waals surface area (Å²) in [5.41, 5.74) is 1.11. The fourth-order valence-electron chi connectivity index (χ4n) is 2.77. The van der Waals surface area contributed by atoms with Crippen LogP contribution in [-0.2, 0) is 9.53 Å². The van der Waals surface area contributed by atoms with Crippen LogP contribution in [-0.4, -0.2) is 46.8 Å². The first-order chi connectivity index (χ1) is 12.6. The number of carbonyl (C=O) groups excluding carboxylic acids is 2. The van der Waals surface area contributed by atoms with Gasteiger partial charge >= 0.3 is 5.97 Å². The van der Waals surface area contributed by atoms with Gasteiger partial charge in [-0.2, -0.15) is 5.10 Å². The number of ether oxygens (including phenoxy) is 1. The Labute approximate surface area is 155 Å². The first-order valence-electron chi connectivity index (χ1n) is 8.55. The average Bonchev–Trinajstić information content (AvgIpc) is 3.11. The molecule has 8 nitrogen and oxygen atoms in total. The minimum absolute atomic E-state index is 0.0654. The summed E-state index contributed by atoms with van der Waals surface area (Å²) in [5.74, 6) is 0.217. The highest BCUT2D eigenvalue weighted by Gasteiger charge is 2.26. The molecule has 0 aromatic carbocycles. The van der Waals surface area contributed by atoms with E-state index in [1.807, 2.05) is 19.1 Å². The van der Waals surface area contributed by atoms with Gasteiger partial charge in [0.1, 0.15) is 0 Å². The summed E-state index contributed by atoms with van der Waals surface area (Å²) >= 11 is 1.22. The highest BCUT2D eigenvalue weighted by molar-refractivity contribution is 7.14. The number of thiazole rings is 1. The normalized spacial score (nSPS) is 14.9. The van der Waals surface area contributed by atoms with E-state index < -0.39 is 5.97 Å². The third-order valence-electron chi connectivity index (χ3n) is 4.19. The van der Waals surface area contributed by atoms with Crippen LogP contribution in [0.4, 0.5) is 10.9 Å². The van der Waals surface area contributed by atoms with E-state index in [-0.39, 0.29) is 17.5 Å². The minimum Gasteiger partial charge on any atom is -0.461 e. The van der Waals surface area contributed by atoms with Crippen LogP contribution < -0.4 is 10.2 Å². The number of amides is 1. The van der Waals surface area contributed by atoms with Crippen molar-refractivity contribution in [2.45, 2.75) is 26.7 Å². The SMILES string of the molecule is CCOC(=O)c1csc(NC(=O)C2CCN(c3ccc(C)nn3)CC2)n1. The van der Waals surface area contributed by atoms with Crippen molar-refractivity contribution in [3.05, 3.63) is 28.9 Å². The Morgan fingerprint density at radius 1 is 1.31 bits per heavy atom. The van der Waals surface area contributed by atoms with Crippen LogP contribution >= 0.6 is 11.3 Å². The zero-order valence-electron chi connectivity index (χ0n) is 14.8. The van der Waals surface area contributed by atoms with E-state index in [0.717, 1.165) is 37.4 Å². The van der Waals surface area contributed by atoms with E-state index in [0.29, 0.717) is 11.7 Å². The maximum absolute atomic E-state index is 12.5. The molecule has 2 aromatic rings. The number of esters is 1. The van der Waals surface area contributed by atoms with Crippen molar-refractivity contribution in [1.82, 2.24) is 15.2 Å². The van der Waals surface area contributed by atoms with Gasteiger partial charge in [0.05, 0.1) is 12.3 Å². The van der Waals surface area contributed by atoms with E-state index >= 15 is 0 Å². The smallest absolute Gasteiger partial charge is 0.357 e. The second-order valence-corrected chi connectivity index (χ2v) is 6.90. The van der Waals surface area contributed by atoms with E-state index in [4.69, 9.17) is 4.74 Å². The van der Waals surface area contributed by atoms with E-state index in [9.17, 15) is 9.59 Å². The zero-order valence-corrected chi connectivity index (χ0v) is 15.6. The molecular weight excluding hydrogens is 354 g/mol. The Bertz CT molecular complexity index is 769. The number of hydrogen-bond donors (Lipinski definition) is 1. The number of aryl methyl sites for hydroxylation is 1. The third-order valence-corrected chi connectivity index (χ3v) is 4.95. The monoisotopic (exact) mass is 375 g/mol. The first-order valence-corrected chi connectivity index (χ1v) is 9.43. The number of nitrogens with zero attached hydrogens (tertiary/aromatic N) is 4. The molecule has 3 heterocycles. The highest BCUT2D eigenvalue weighted by Crippen LogP contribution is 2.24. The topological polar surface area (TPSA) is 97.3 Å². The molecule has 0 spiro atoms. The second-order valence-electron chi connectivity index (χ2n) is 6.04. The van der Waals surface area contributed by atoms with Crippen LogP contribution in [0.1, 0.15) is 35.9 Å². The first kappa shape index (κ1) is 18.2. The highest BCUT2D eigenvalue weighted by atomic mass is 32.1. The number of rotatable bonds is 5. The lowest BCUT2D eigenvalue weighted by atomic mass is 9.96. The molecule has 0 saturated carbocycles. The summed E-state index contributed by atoms with van der Waals surface area (Å²) in [5, 5.41) is 13.1. The Morgan fingerprint density at radius 3 is 2.73 bits per heavy atom. The molecule has 138 valence electrons. The molecule has 0 radical (unpaired) electrons. The lowest BCUT2D eigenvalue weighted by Crippen LogP contribution is -2.38. The van der Waals surface area contributed by atoms with Gasteiger partial charge in [0.2, 0.25) is 5.91 Å². The van der Waals surface area contributed by atoms with Gasteiger partial charge in [-0.1, -0.05) is 0 Å². The molecule has 9 heteroatoms. The van der Waals surface area contributed by atoms with Gasteiger partial charge in [0.15, 0.2) is 16.6 Å². The fourth-order valence-corrected chi connectivity index (χ4v) is 3.45. The van der Waals surface area contributed by atoms with Crippen molar-refractivity contribution < 1.29 is 14.3 Å². The lowest BCUT2D eigenvalue weighted by Gasteiger charge is -2.31. The Kier molecular flexibility index (Phi) is 5.77. The van der Waals surface area contributed by atoms with Crippen LogP contribution in [0.2, 0.25) is 0 Å². The predicted octanol–water partition coefficient (Wildman–Crippen LogP) is 2.27. The molecule has 1 amide bonds. The quantitative estimate of drug-likeness (QED) is 0.801. The van der Waals surface area contributed by atoms with Crippen molar-refractivity contribution in [2.24, 2.45) is 5.92 Å². The number of nitrogens with one attached hydrogen (secondary N) is 1. The van der Waals surface area contributed by atoms with Crippen molar-refractivity contribution in [3.8, 4) is 0 Å². The molecule has 1 saturated heterocycles. The van der Waals surface area contributed by atoms with Gasteiger partial charge in [-0.25, -0.2) is 9.78 Å². The number of carbonyl (C=O) groups is 2. The number of aromatic nitrogens is 3. The molecule has 1 aliphatic rings. The van der Waals surface area contributed by atoms with Crippen LogP contribution in [0.5, 0.6) is 0 Å². The summed E-state index contributed by atoms with van der Waals surface area (Å²) in [7, 11) is 0. The zero-order chi connectivity index (χ0) is 18.5. The number of anilines is 2. The second kappa shape index (κ2) is 8.22.